The monoisotopic (exact) mass is 304 g/mol. The maximum atomic E-state index is 6.04. The van der Waals surface area contributed by atoms with Crippen LogP contribution in [0.3, 0.4) is 0 Å². The molecule has 0 aliphatic rings. The number of benzene rings is 2. The molecule has 0 saturated carbocycles. The first-order chi connectivity index (χ1) is 11.4. The summed E-state index contributed by atoms with van der Waals surface area (Å²) in [5, 5.41) is 1.18. The molecule has 0 N–H and O–H groups in total. The van der Waals surface area contributed by atoms with Crippen molar-refractivity contribution in [3.8, 4) is 11.3 Å². The lowest BCUT2D eigenvalue weighted by atomic mass is 10.1. The van der Waals surface area contributed by atoms with Crippen molar-refractivity contribution in [1.29, 1.82) is 0 Å². The van der Waals surface area contributed by atoms with Gasteiger partial charge in [-0.2, -0.15) is 0 Å². The minimum atomic E-state index is 0.945. The molecule has 0 aliphatic heterocycles. The average molecular weight is 304 g/mol. The zero-order valence-electron chi connectivity index (χ0n) is 13.8. The summed E-state index contributed by atoms with van der Waals surface area (Å²) in [6.45, 7) is 2.21. The van der Waals surface area contributed by atoms with E-state index in [1.54, 1.807) is 0 Å². The number of aryl methyl sites for hydroxylation is 1. The molecule has 1 nitrogen and oxygen atoms in total. The molecule has 0 bridgehead atoms. The van der Waals surface area contributed by atoms with Crippen LogP contribution in [-0.4, -0.2) is 0 Å². The van der Waals surface area contributed by atoms with Gasteiger partial charge in [0.25, 0.3) is 0 Å². The number of allylic oxidation sites excluding steroid dienone is 2. The van der Waals surface area contributed by atoms with Crippen molar-refractivity contribution in [3.05, 3.63) is 72.3 Å². The predicted molar refractivity (Wildman–Crippen MR) is 98.6 cm³/mol. The van der Waals surface area contributed by atoms with Crippen molar-refractivity contribution in [2.24, 2.45) is 0 Å². The molecule has 23 heavy (non-hydrogen) atoms. The van der Waals surface area contributed by atoms with Crippen LogP contribution in [0, 0.1) is 0 Å². The summed E-state index contributed by atoms with van der Waals surface area (Å²) in [6, 6.07) is 19.0. The molecule has 0 aliphatic carbocycles. The molecule has 1 heteroatoms. The number of rotatable bonds is 7. The van der Waals surface area contributed by atoms with E-state index in [0.29, 0.717) is 0 Å². The summed E-state index contributed by atoms with van der Waals surface area (Å²) < 4.78 is 6.04. The Morgan fingerprint density at radius 3 is 2.57 bits per heavy atom. The summed E-state index contributed by atoms with van der Waals surface area (Å²) in [6.07, 6.45) is 10.5. The van der Waals surface area contributed by atoms with Crippen LogP contribution in [0.2, 0.25) is 0 Å². The number of furan rings is 1. The fourth-order valence-corrected chi connectivity index (χ4v) is 2.80. The van der Waals surface area contributed by atoms with Gasteiger partial charge in [0.15, 0.2) is 0 Å². The van der Waals surface area contributed by atoms with Crippen molar-refractivity contribution in [3.63, 3.8) is 0 Å². The highest BCUT2D eigenvalue weighted by Crippen LogP contribution is 2.28. The van der Waals surface area contributed by atoms with Crippen molar-refractivity contribution in [2.75, 3.05) is 0 Å². The van der Waals surface area contributed by atoms with E-state index >= 15 is 0 Å². The molecule has 0 atom stereocenters. The second-order valence-electron chi connectivity index (χ2n) is 6.00. The lowest BCUT2D eigenvalue weighted by Crippen LogP contribution is -1.83. The molecule has 0 unspecified atom stereocenters. The van der Waals surface area contributed by atoms with Gasteiger partial charge in [-0.15, -0.1) is 0 Å². The normalized spacial score (nSPS) is 11.5. The zero-order valence-corrected chi connectivity index (χ0v) is 13.8. The van der Waals surface area contributed by atoms with Gasteiger partial charge in [-0.25, -0.2) is 0 Å². The highest BCUT2D eigenvalue weighted by atomic mass is 16.3. The van der Waals surface area contributed by atoms with Crippen LogP contribution >= 0.6 is 0 Å². The summed E-state index contributed by atoms with van der Waals surface area (Å²) in [4.78, 5) is 0. The lowest BCUT2D eigenvalue weighted by molar-refractivity contribution is 0.630. The summed E-state index contributed by atoms with van der Waals surface area (Å²) >= 11 is 0. The molecular formula is C22H24O. The molecule has 0 spiro atoms. The van der Waals surface area contributed by atoms with Crippen LogP contribution in [0.5, 0.6) is 0 Å². The Balaban J connectivity index is 1.67. The van der Waals surface area contributed by atoms with Gasteiger partial charge >= 0.3 is 0 Å². The molecule has 3 aromatic rings. The summed E-state index contributed by atoms with van der Waals surface area (Å²) in [5.74, 6) is 0.945. The van der Waals surface area contributed by atoms with E-state index in [1.165, 1.54) is 30.2 Å². The van der Waals surface area contributed by atoms with E-state index in [2.05, 4.69) is 55.5 Å². The molecule has 0 amide bonds. The average Bonchev–Trinajstić information content (AvgIpc) is 3.02. The third-order valence-electron chi connectivity index (χ3n) is 4.10. The molecule has 1 aromatic heterocycles. The van der Waals surface area contributed by atoms with Crippen LogP contribution in [0.4, 0.5) is 0 Å². The number of unbranched alkanes of at least 4 members (excludes halogenated alkanes) is 2. The van der Waals surface area contributed by atoms with E-state index in [9.17, 15) is 0 Å². The van der Waals surface area contributed by atoms with Crippen LogP contribution in [0.15, 0.2) is 71.2 Å². The van der Waals surface area contributed by atoms with Crippen LogP contribution in [0.25, 0.3) is 22.3 Å². The molecule has 2 aromatic carbocycles. The second kappa shape index (κ2) is 7.82. The summed E-state index contributed by atoms with van der Waals surface area (Å²) in [5.41, 5.74) is 3.48. The molecular weight excluding hydrogens is 280 g/mol. The van der Waals surface area contributed by atoms with Gasteiger partial charge in [-0.05, 0) is 43.4 Å². The van der Waals surface area contributed by atoms with Gasteiger partial charge in [0.2, 0.25) is 0 Å². The highest BCUT2D eigenvalue weighted by molar-refractivity contribution is 5.83. The lowest BCUT2D eigenvalue weighted by Gasteiger charge is -1.99. The van der Waals surface area contributed by atoms with E-state index in [-0.39, 0.29) is 0 Å². The summed E-state index contributed by atoms with van der Waals surface area (Å²) in [7, 11) is 0. The first-order valence-electron chi connectivity index (χ1n) is 8.59. The highest BCUT2D eigenvalue weighted by Gasteiger charge is 2.06. The molecule has 0 fully saturated rings. The molecule has 0 radical (unpaired) electrons. The van der Waals surface area contributed by atoms with Gasteiger partial charge in [-0.3, -0.25) is 0 Å². The fraction of sp³-hybridized carbons (Fsp3) is 0.273. The predicted octanol–water partition coefficient (Wildman–Crippen LogP) is 6.78. The molecule has 0 saturated heterocycles. The smallest absolute Gasteiger partial charge is 0.135 e. The van der Waals surface area contributed by atoms with Gasteiger partial charge in [-0.1, -0.05) is 68.0 Å². The Morgan fingerprint density at radius 2 is 1.74 bits per heavy atom. The molecule has 118 valence electrons. The Hall–Kier alpha value is -2.28. The minimum absolute atomic E-state index is 0.945. The standard InChI is InChI=1S/C22H24O/c1-2-3-4-5-6-8-11-18-14-15-20-17-22(23-21(20)16-18)19-12-9-7-10-13-19/h4-5,7,9-10,12-17H,2-3,6,8,11H2,1H3/b5-4+. The Kier molecular flexibility index (Phi) is 5.31. The van der Waals surface area contributed by atoms with E-state index in [4.69, 9.17) is 4.42 Å². The van der Waals surface area contributed by atoms with Gasteiger partial charge in [0.05, 0.1) is 0 Å². The number of fused-ring (bicyclic) bond motifs is 1. The Labute approximate surface area is 138 Å². The van der Waals surface area contributed by atoms with Crippen molar-refractivity contribution < 1.29 is 4.42 Å². The quantitative estimate of drug-likeness (QED) is 0.346. The van der Waals surface area contributed by atoms with Crippen LogP contribution in [-0.2, 0) is 6.42 Å². The van der Waals surface area contributed by atoms with Gasteiger partial charge in [0.1, 0.15) is 11.3 Å². The topological polar surface area (TPSA) is 13.1 Å². The second-order valence-corrected chi connectivity index (χ2v) is 6.00. The maximum absolute atomic E-state index is 6.04. The van der Waals surface area contributed by atoms with Crippen LogP contribution < -0.4 is 0 Å². The fourth-order valence-electron chi connectivity index (χ4n) is 2.80. The Morgan fingerprint density at radius 1 is 0.913 bits per heavy atom. The van der Waals surface area contributed by atoms with Gasteiger partial charge in [0, 0.05) is 10.9 Å². The number of hydrogen-bond acceptors (Lipinski definition) is 1. The number of hydrogen-bond donors (Lipinski definition) is 0. The minimum Gasteiger partial charge on any atom is -0.456 e. The van der Waals surface area contributed by atoms with E-state index in [0.717, 1.165) is 29.7 Å². The molecule has 1 heterocycles. The third-order valence-corrected chi connectivity index (χ3v) is 4.10. The van der Waals surface area contributed by atoms with E-state index in [1.807, 2.05) is 18.2 Å². The maximum Gasteiger partial charge on any atom is 0.135 e. The Bertz CT molecular complexity index is 765. The van der Waals surface area contributed by atoms with Crippen LogP contribution in [0.1, 0.15) is 38.2 Å². The van der Waals surface area contributed by atoms with Crippen molar-refractivity contribution in [1.82, 2.24) is 0 Å². The van der Waals surface area contributed by atoms with Crippen molar-refractivity contribution >= 4 is 11.0 Å². The third kappa shape index (κ3) is 4.13. The largest absolute Gasteiger partial charge is 0.456 e. The first kappa shape index (κ1) is 15.6. The first-order valence-corrected chi connectivity index (χ1v) is 8.59. The zero-order chi connectivity index (χ0) is 15.9. The molecule has 3 rings (SSSR count). The van der Waals surface area contributed by atoms with Gasteiger partial charge < -0.3 is 4.42 Å². The van der Waals surface area contributed by atoms with Crippen molar-refractivity contribution in [2.45, 2.75) is 39.0 Å². The SMILES string of the molecule is CCC/C=C/CCCc1ccc2cc(-c3ccccc3)oc2c1. The van der Waals surface area contributed by atoms with E-state index < -0.39 is 0 Å².